The predicted octanol–water partition coefficient (Wildman–Crippen LogP) is 5.10. The summed E-state index contributed by atoms with van der Waals surface area (Å²) in [6, 6.07) is 0. The molecule has 0 fully saturated rings. The maximum atomic E-state index is 11.1. The molecule has 2 atom stereocenters. The maximum absolute atomic E-state index is 11.1. The normalized spacial score (nSPS) is 17.9. The van der Waals surface area contributed by atoms with E-state index in [1.54, 1.807) is 0 Å². The molecular weight excluding hydrogens is 360 g/mol. The summed E-state index contributed by atoms with van der Waals surface area (Å²) in [5.41, 5.74) is 0. The SMILES string of the molecule is CCCCCCCCCCCCCCCCOC[C@H](O)[C@H]1OC(=O)C(O)=C1O. The minimum atomic E-state index is -1.23. The molecule has 0 bridgehead atoms. The zero-order chi connectivity index (χ0) is 20.6. The molecule has 1 aliphatic rings. The van der Waals surface area contributed by atoms with Crippen LogP contribution < -0.4 is 0 Å². The van der Waals surface area contributed by atoms with Crippen LogP contribution >= 0.6 is 0 Å². The number of hydrogen-bond donors (Lipinski definition) is 3. The number of ether oxygens (including phenoxy) is 2. The molecule has 0 aromatic carbocycles. The van der Waals surface area contributed by atoms with E-state index in [1.807, 2.05) is 0 Å². The fourth-order valence-corrected chi connectivity index (χ4v) is 3.42. The largest absolute Gasteiger partial charge is 0.505 e. The lowest BCUT2D eigenvalue weighted by Crippen LogP contribution is -2.33. The lowest BCUT2D eigenvalue weighted by Gasteiger charge is -2.17. The molecule has 0 saturated carbocycles. The number of hydrogen-bond acceptors (Lipinski definition) is 6. The van der Waals surface area contributed by atoms with E-state index in [9.17, 15) is 20.1 Å². The topological polar surface area (TPSA) is 96.2 Å². The van der Waals surface area contributed by atoms with Gasteiger partial charge in [-0.1, -0.05) is 90.4 Å². The first-order valence-electron chi connectivity index (χ1n) is 11.2. The van der Waals surface area contributed by atoms with Crippen molar-refractivity contribution in [1.82, 2.24) is 0 Å². The molecule has 0 amide bonds. The molecule has 0 radical (unpaired) electrons. The second kappa shape index (κ2) is 15.6. The highest BCUT2D eigenvalue weighted by Crippen LogP contribution is 2.21. The molecule has 0 aromatic rings. The summed E-state index contributed by atoms with van der Waals surface area (Å²) >= 11 is 0. The highest BCUT2D eigenvalue weighted by atomic mass is 16.6. The molecule has 28 heavy (non-hydrogen) atoms. The van der Waals surface area contributed by atoms with Crippen LogP contribution in [0.25, 0.3) is 0 Å². The van der Waals surface area contributed by atoms with Crippen molar-refractivity contribution in [2.24, 2.45) is 0 Å². The van der Waals surface area contributed by atoms with Crippen LogP contribution in [0.4, 0.5) is 0 Å². The highest BCUT2D eigenvalue weighted by molar-refractivity contribution is 5.89. The van der Waals surface area contributed by atoms with Gasteiger partial charge < -0.3 is 24.8 Å². The molecule has 0 aromatic heterocycles. The van der Waals surface area contributed by atoms with Gasteiger partial charge in [0.15, 0.2) is 11.9 Å². The number of rotatable bonds is 18. The van der Waals surface area contributed by atoms with Gasteiger partial charge >= 0.3 is 5.97 Å². The Labute approximate surface area is 169 Å². The minimum absolute atomic E-state index is 0.0479. The third-order valence-electron chi connectivity index (χ3n) is 5.22. The van der Waals surface area contributed by atoms with Crippen molar-refractivity contribution in [3.63, 3.8) is 0 Å². The Hall–Kier alpha value is -1.27. The number of aliphatic hydroxyl groups excluding tert-OH is 3. The van der Waals surface area contributed by atoms with Gasteiger partial charge in [0.25, 0.3) is 0 Å². The number of esters is 1. The molecule has 3 N–H and O–H groups in total. The second-order valence-corrected chi connectivity index (χ2v) is 7.80. The van der Waals surface area contributed by atoms with E-state index in [0.717, 1.165) is 12.8 Å². The fraction of sp³-hybridized carbons (Fsp3) is 0.864. The smallest absolute Gasteiger partial charge is 0.377 e. The van der Waals surface area contributed by atoms with Crippen molar-refractivity contribution in [3.8, 4) is 0 Å². The van der Waals surface area contributed by atoms with E-state index in [2.05, 4.69) is 11.7 Å². The Morgan fingerprint density at radius 1 is 0.857 bits per heavy atom. The van der Waals surface area contributed by atoms with Gasteiger partial charge in [0, 0.05) is 6.61 Å². The molecule has 0 spiro atoms. The van der Waals surface area contributed by atoms with Crippen LogP contribution in [0.15, 0.2) is 11.5 Å². The lowest BCUT2D eigenvalue weighted by molar-refractivity contribution is -0.148. The third kappa shape index (κ3) is 10.3. The van der Waals surface area contributed by atoms with Gasteiger partial charge in [0.2, 0.25) is 5.76 Å². The van der Waals surface area contributed by atoms with E-state index in [-0.39, 0.29) is 6.61 Å². The van der Waals surface area contributed by atoms with Crippen LogP contribution in [0, 0.1) is 0 Å². The molecule has 6 nitrogen and oxygen atoms in total. The second-order valence-electron chi connectivity index (χ2n) is 7.80. The standard InChI is InChI=1S/C22H40O6/c1-2-3-4-5-6-7-8-9-10-11-12-13-14-15-16-27-17-18(23)21-19(24)20(25)22(26)28-21/h18,21,23-25H,2-17H2,1H3/t18-,21+/m0/s1. The Morgan fingerprint density at radius 3 is 1.75 bits per heavy atom. The first-order chi connectivity index (χ1) is 13.6. The first-order valence-corrected chi connectivity index (χ1v) is 11.2. The molecule has 1 aliphatic heterocycles. The third-order valence-corrected chi connectivity index (χ3v) is 5.22. The van der Waals surface area contributed by atoms with Crippen molar-refractivity contribution >= 4 is 5.97 Å². The minimum Gasteiger partial charge on any atom is -0.505 e. The molecule has 6 heteroatoms. The van der Waals surface area contributed by atoms with Crippen molar-refractivity contribution in [2.45, 2.75) is 109 Å². The Bertz CT molecular complexity index is 448. The monoisotopic (exact) mass is 400 g/mol. The van der Waals surface area contributed by atoms with Gasteiger partial charge in [0.1, 0.15) is 6.10 Å². The molecular formula is C22H40O6. The van der Waals surface area contributed by atoms with Gasteiger partial charge in [-0.2, -0.15) is 0 Å². The Kier molecular flexibility index (Phi) is 13.8. The summed E-state index contributed by atoms with van der Waals surface area (Å²) in [6.07, 6.45) is 15.7. The van der Waals surface area contributed by atoms with Crippen molar-refractivity contribution in [3.05, 3.63) is 11.5 Å². The number of cyclic esters (lactones) is 1. The van der Waals surface area contributed by atoms with E-state index >= 15 is 0 Å². The Balaban J connectivity index is 1.83. The molecule has 0 saturated heterocycles. The molecule has 164 valence electrons. The van der Waals surface area contributed by atoms with E-state index in [0.29, 0.717) is 6.61 Å². The van der Waals surface area contributed by atoms with Crippen LogP contribution in [0.3, 0.4) is 0 Å². The van der Waals surface area contributed by atoms with Crippen LogP contribution in [-0.4, -0.2) is 46.7 Å². The van der Waals surface area contributed by atoms with Gasteiger partial charge in [-0.25, -0.2) is 4.79 Å². The molecule has 0 aliphatic carbocycles. The highest BCUT2D eigenvalue weighted by Gasteiger charge is 2.39. The van der Waals surface area contributed by atoms with E-state index in [1.165, 1.54) is 77.0 Å². The summed E-state index contributed by atoms with van der Waals surface area (Å²) < 4.78 is 10.1. The number of unbranched alkanes of at least 4 members (excludes halogenated alkanes) is 13. The van der Waals surface area contributed by atoms with Gasteiger partial charge in [-0.05, 0) is 6.42 Å². The average molecular weight is 401 g/mol. The number of carbonyl (C=O) groups excluding carboxylic acids is 1. The van der Waals surface area contributed by atoms with Crippen LogP contribution in [-0.2, 0) is 14.3 Å². The average Bonchev–Trinajstić information content (AvgIpc) is 2.95. The zero-order valence-electron chi connectivity index (χ0n) is 17.5. The molecule has 1 rings (SSSR count). The Morgan fingerprint density at radius 2 is 1.32 bits per heavy atom. The quantitative estimate of drug-likeness (QED) is 0.219. The summed E-state index contributed by atoms with van der Waals surface area (Å²) in [5.74, 6) is -2.48. The maximum Gasteiger partial charge on any atom is 0.377 e. The van der Waals surface area contributed by atoms with Gasteiger partial charge in [-0.3, -0.25) is 0 Å². The summed E-state index contributed by atoms with van der Waals surface area (Å²) in [5, 5.41) is 28.6. The number of aliphatic hydroxyl groups is 3. The van der Waals surface area contributed by atoms with E-state index in [4.69, 9.17) is 4.74 Å². The fourth-order valence-electron chi connectivity index (χ4n) is 3.42. The summed E-state index contributed by atoms with van der Waals surface area (Å²) in [6.45, 7) is 2.73. The van der Waals surface area contributed by atoms with E-state index < -0.39 is 29.7 Å². The van der Waals surface area contributed by atoms with Crippen LogP contribution in [0.5, 0.6) is 0 Å². The summed E-state index contributed by atoms with van der Waals surface area (Å²) in [7, 11) is 0. The van der Waals surface area contributed by atoms with Crippen molar-refractivity contribution in [2.75, 3.05) is 13.2 Å². The molecule has 0 unspecified atom stereocenters. The van der Waals surface area contributed by atoms with Crippen molar-refractivity contribution in [1.29, 1.82) is 0 Å². The zero-order valence-corrected chi connectivity index (χ0v) is 17.5. The van der Waals surface area contributed by atoms with Crippen molar-refractivity contribution < 1.29 is 29.6 Å². The van der Waals surface area contributed by atoms with Crippen LogP contribution in [0.2, 0.25) is 0 Å². The predicted molar refractivity (Wildman–Crippen MR) is 109 cm³/mol. The van der Waals surface area contributed by atoms with Gasteiger partial charge in [0.05, 0.1) is 6.61 Å². The number of carbonyl (C=O) groups is 1. The summed E-state index contributed by atoms with van der Waals surface area (Å²) in [4.78, 5) is 11.1. The lowest BCUT2D eigenvalue weighted by atomic mass is 10.0. The first kappa shape index (κ1) is 24.8. The molecule has 1 heterocycles. The van der Waals surface area contributed by atoms with Gasteiger partial charge in [-0.15, -0.1) is 0 Å². The van der Waals surface area contributed by atoms with Crippen LogP contribution in [0.1, 0.15) is 96.8 Å².